The smallest absolute Gasteiger partial charge is 0.323 e. The Labute approximate surface area is 189 Å². The maximum Gasteiger partial charge on any atom is 0.323 e. The van der Waals surface area contributed by atoms with Gasteiger partial charge in [0.2, 0.25) is 5.88 Å². The molecule has 8 nitrogen and oxygen atoms in total. The molecule has 0 atom stereocenters. The third-order valence-corrected chi connectivity index (χ3v) is 4.91. The van der Waals surface area contributed by atoms with Crippen LogP contribution in [0.5, 0.6) is 5.88 Å². The lowest BCUT2D eigenvalue weighted by Crippen LogP contribution is -2.41. The summed E-state index contributed by atoms with van der Waals surface area (Å²) < 4.78 is 5.75. The predicted octanol–water partition coefficient (Wildman–Crippen LogP) is 3.97. The van der Waals surface area contributed by atoms with Crippen LogP contribution in [0.25, 0.3) is 22.2 Å². The van der Waals surface area contributed by atoms with Crippen LogP contribution in [0.15, 0.2) is 42.7 Å². The first-order valence-corrected chi connectivity index (χ1v) is 10.9. The lowest BCUT2D eigenvalue weighted by molar-refractivity contribution is 0.245. The number of aromatic nitrogens is 3. The van der Waals surface area contributed by atoms with Gasteiger partial charge in [0.25, 0.3) is 0 Å². The Morgan fingerprint density at radius 1 is 1.00 bits per heavy atom. The number of benzene rings is 1. The van der Waals surface area contributed by atoms with E-state index in [2.05, 4.69) is 39.3 Å². The number of hydrogen-bond acceptors (Lipinski definition) is 6. The Kier molecular flexibility index (Phi) is 7.94. The molecule has 0 fully saturated rings. The van der Waals surface area contributed by atoms with Crippen LogP contribution < -0.4 is 15.0 Å². The van der Waals surface area contributed by atoms with Gasteiger partial charge in [-0.05, 0) is 71.1 Å². The van der Waals surface area contributed by atoms with E-state index >= 15 is 0 Å². The predicted molar refractivity (Wildman–Crippen MR) is 128 cm³/mol. The molecular weight excluding hydrogens is 404 g/mol. The number of hydrogen-bond donors (Lipinski definition) is 1. The van der Waals surface area contributed by atoms with Crippen LogP contribution in [-0.4, -0.2) is 66.2 Å². The molecule has 170 valence electrons. The number of fused-ring (bicyclic) bond motifs is 1. The fourth-order valence-electron chi connectivity index (χ4n) is 3.13. The molecule has 32 heavy (non-hydrogen) atoms. The van der Waals surface area contributed by atoms with Crippen LogP contribution >= 0.6 is 0 Å². The molecule has 2 heterocycles. The van der Waals surface area contributed by atoms with Gasteiger partial charge in [-0.3, -0.25) is 9.88 Å². The molecule has 8 heteroatoms. The minimum absolute atomic E-state index is 0.0439. The Morgan fingerprint density at radius 2 is 1.78 bits per heavy atom. The van der Waals surface area contributed by atoms with Crippen molar-refractivity contribution < 1.29 is 9.53 Å². The van der Waals surface area contributed by atoms with Crippen molar-refractivity contribution in [2.45, 2.75) is 32.7 Å². The topological polar surface area (TPSA) is 83.5 Å². The van der Waals surface area contributed by atoms with Crippen molar-refractivity contribution in [2.75, 3.05) is 39.2 Å². The number of carbonyl (C=O) groups is 1. The van der Waals surface area contributed by atoms with E-state index in [1.165, 1.54) is 4.90 Å². The molecule has 0 unspecified atom stereocenters. The fourth-order valence-corrected chi connectivity index (χ4v) is 3.13. The van der Waals surface area contributed by atoms with E-state index in [4.69, 9.17) is 4.74 Å². The SMILES string of the molecule is CC(C)NC(=O)N(C)c1cnc2ccc(-c3ccc(OCCCCN(C)C)nc3)cc2n1. The van der Waals surface area contributed by atoms with Gasteiger partial charge in [0.05, 0.1) is 23.8 Å². The van der Waals surface area contributed by atoms with E-state index in [1.807, 2.05) is 44.2 Å². The van der Waals surface area contributed by atoms with Crippen molar-refractivity contribution in [1.29, 1.82) is 0 Å². The second-order valence-corrected chi connectivity index (χ2v) is 8.34. The highest BCUT2D eigenvalue weighted by molar-refractivity contribution is 5.91. The molecule has 0 aliphatic heterocycles. The number of unbranched alkanes of at least 4 members (excludes halogenated alkanes) is 1. The molecule has 0 spiro atoms. The summed E-state index contributed by atoms with van der Waals surface area (Å²) in [5, 5.41) is 2.85. The van der Waals surface area contributed by atoms with Gasteiger partial charge >= 0.3 is 6.03 Å². The molecular formula is C24H32N6O2. The number of carbonyl (C=O) groups excluding carboxylic acids is 1. The number of amides is 2. The van der Waals surface area contributed by atoms with Gasteiger partial charge in [0.1, 0.15) is 0 Å². The molecule has 0 aliphatic rings. The highest BCUT2D eigenvalue weighted by Gasteiger charge is 2.14. The van der Waals surface area contributed by atoms with E-state index in [1.54, 1.807) is 19.4 Å². The van der Waals surface area contributed by atoms with E-state index in [-0.39, 0.29) is 12.1 Å². The molecule has 0 aliphatic carbocycles. The largest absolute Gasteiger partial charge is 0.478 e. The first-order chi connectivity index (χ1) is 15.3. The summed E-state index contributed by atoms with van der Waals surface area (Å²) >= 11 is 0. The Hall–Kier alpha value is -3.26. The molecule has 0 bridgehead atoms. The zero-order valence-electron chi connectivity index (χ0n) is 19.5. The van der Waals surface area contributed by atoms with Crippen LogP contribution in [0.1, 0.15) is 26.7 Å². The number of nitrogens with one attached hydrogen (secondary N) is 1. The number of nitrogens with zero attached hydrogens (tertiary/aromatic N) is 5. The number of rotatable bonds is 9. The average molecular weight is 437 g/mol. The molecule has 2 amide bonds. The summed E-state index contributed by atoms with van der Waals surface area (Å²) in [6.07, 6.45) is 5.50. The quantitative estimate of drug-likeness (QED) is 0.511. The van der Waals surface area contributed by atoms with Crippen molar-refractivity contribution in [3.63, 3.8) is 0 Å². The molecule has 1 aromatic carbocycles. The van der Waals surface area contributed by atoms with Crippen LogP contribution in [0.4, 0.5) is 10.6 Å². The lowest BCUT2D eigenvalue weighted by Gasteiger charge is -2.18. The lowest BCUT2D eigenvalue weighted by atomic mass is 10.1. The van der Waals surface area contributed by atoms with Crippen LogP contribution in [0.3, 0.4) is 0 Å². The van der Waals surface area contributed by atoms with Crippen molar-refractivity contribution in [3.8, 4) is 17.0 Å². The Morgan fingerprint density at radius 3 is 2.47 bits per heavy atom. The van der Waals surface area contributed by atoms with Gasteiger partial charge in [-0.25, -0.2) is 14.8 Å². The van der Waals surface area contributed by atoms with Crippen molar-refractivity contribution in [2.24, 2.45) is 0 Å². The van der Waals surface area contributed by atoms with Crippen LogP contribution in [0.2, 0.25) is 0 Å². The second kappa shape index (κ2) is 10.9. The normalized spacial score (nSPS) is 11.2. The van der Waals surface area contributed by atoms with Gasteiger partial charge in [-0.2, -0.15) is 0 Å². The molecule has 0 saturated carbocycles. The van der Waals surface area contributed by atoms with E-state index in [0.29, 0.717) is 23.8 Å². The third-order valence-electron chi connectivity index (χ3n) is 4.91. The third kappa shape index (κ3) is 6.37. The first-order valence-electron chi connectivity index (χ1n) is 10.9. The highest BCUT2D eigenvalue weighted by atomic mass is 16.5. The number of urea groups is 1. The van der Waals surface area contributed by atoms with Gasteiger partial charge in [0, 0.05) is 30.9 Å². The minimum Gasteiger partial charge on any atom is -0.478 e. The first kappa shape index (κ1) is 23.4. The van der Waals surface area contributed by atoms with E-state index in [9.17, 15) is 4.79 Å². The van der Waals surface area contributed by atoms with Crippen molar-refractivity contribution >= 4 is 22.9 Å². The van der Waals surface area contributed by atoms with E-state index < -0.39 is 0 Å². The van der Waals surface area contributed by atoms with Gasteiger partial charge in [0.15, 0.2) is 5.82 Å². The number of ether oxygens (including phenoxy) is 1. The molecule has 0 radical (unpaired) electrons. The van der Waals surface area contributed by atoms with Gasteiger partial charge in [-0.15, -0.1) is 0 Å². The molecule has 1 N–H and O–H groups in total. The Balaban J connectivity index is 1.69. The molecule has 0 saturated heterocycles. The van der Waals surface area contributed by atoms with E-state index in [0.717, 1.165) is 36.0 Å². The summed E-state index contributed by atoms with van der Waals surface area (Å²) in [4.78, 5) is 29.4. The standard InChI is InChI=1S/C24H32N6O2/c1-17(2)27-24(31)30(5)22-16-25-20-10-8-18(14-21(20)28-22)19-9-11-23(26-15-19)32-13-7-6-12-29(3)4/h8-11,14-17H,6-7,12-13H2,1-5H3,(H,27,31). The molecule has 2 aromatic heterocycles. The van der Waals surface area contributed by atoms with Gasteiger partial charge in [-0.1, -0.05) is 6.07 Å². The number of pyridine rings is 1. The second-order valence-electron chi connectivity index (χ2n) is 8.34. The molecule has 3 aromatic rings. The van der Waals surface area contributed by atoms with Crippen molar-refractivity contribution in [3.05, 3.63) is 42.7 Å². The zero-order valence-corrected chi connectivity index (χ0v) is 19.5. The summed E-state index contributed by atoms with van der Waals surface area (Å²) in [7, 11) is 5.82. The zero-order chi connectivity index (χ0) is 23.1. The summed E-state index contributed by atoms with van der Waals surface area (Å²) in [5.74, 6) is 1.11. The fraction of sp³-hybridized carbons (Fsp3) is 0.417. The monoisotopic (exact) mass is 436 g/mol. The average Bonchev–Trinajstić information content (AvgIpc) is 2.77. The summed E-state index contributed by atoms with van der Waals surface area (Å²) in [5.41, 5.74) is 3.42. The van der Waals surface area contributed by atoms with Crippen LogP contribution in [0, 0.1) is 0 Å². The van der Waals surface area contributed by atoms with Crippen molar-refractivity contribution in [1.82, 2.24) is 25.2 Å². The maximum atomic E-state index is 12.3. The number of anilines is 1. The maximum absolute atomic E-state index is 12.3. The summed E-state index contributed by atoms with van der Waals surface area (Å²) in [6, 6.07) is 9.57. The minimum atomic E-state index is -0.216. The van der Waals surface area contributed by atoms with Crippen LogP contribution in [-0.2, 0) is 0 Å². The molecule has 3 rings (SSSR count). The highest BCUT2D eigenvalue weighted by Crippen LogP contribution is 2.24. The Bertz CT molecular complexity index is 1040. The summed E-state index contributed by atoms with van der Waals surface area (Å²) in [6.45, 7) is 5.55. The van der Waals surface area contributed by atoms with Gasteiger partial charge < -0.3 is 15.0 Å².